The number of hydrogen-bond acceptors (Lipinski definition) is 2. The lowest BCUT2D eigenvalue weighted by atomic mass is 10.2. The summed E-state index contributed by atoms with van der Waals surface area (Å²) in [4.78, 5) is 11.2. The molecule has 0 spiro atoms. The van der Waals surface area contributed by atoms with E-state index in [-0.39, 0.29) is 12.1 Å². The fourth-order valence-electron chi connectivity index (χ4n) is 1.01. The molecule has 0 aromatic heterocycles. The van der Waals surface area contributed by atoms with Crippen LogP contribution in [0, 0.1) is 0 Å². The lowest BCUT2D eigenvalue weighted by Gasteiger charge is -2.03. The molecule has 0 unspecified atom stereocenters. The molecule has 0 aliphatic rings. The highest BCUT2D eigenvalue weighted by Crippen LogP contribution is 2.11. The van der Waals surface area contributed by atoms with E-state index in [1.807, 2.05) is 38.1 Å². The topological polar surface area (TPSA) is 26.3 Å². The maximum absolute atomic E-state index is 11.2. The summed E-state index contributed by atoms with van der Waals surface area (Å²) in [6.07, 6.45) is 3.09. The van der Waals surface area contributed by atoms with E-state index in [1.165, 1.54) is 6.08 Å². The quantitative estimate of drug-likeness (QED) is 0.620. The first kappa shape index (κ1) is 12.0. The number of carbonyl (C=O) groups excluding carboxylic acids is 1. The lowest BCUT2D eigenvalue weighted by Crippen LogP contribution is -2.08. The molecule has 15 heavy (non-hydrogen) atoms. The molecule has 0 bridgehead atoms. The lowest BCUT2D eigenvalue weighted by molar-refractivity contribution is -0.141. The molecule has 0 aliphatic heterocycles. The summed E-state index contributed by atoms with van der Waals surface area (Å²) in [5.41, 5.74) is 0.971. The Morgan fingerprint density at radius 2 is 1.93 bits per heavy atom. The Kier molecular flexibility index (Phi) is 4.56. The maximum atomic E-state index is 11.2. The highest BCUT2D eigenvalue weighted by atomic mass is 79.9. The van der Waals surface area contributed by atoms with Gasteiger partial charge in [0, 0.05) is 10.5 Å². The van der Waals surface area contributed by atoms with Gasteiger partial charge < -0.3 is 4.74 Å². The molecule has 1 rings (SSSR count). The molecule has 3 heteroatoms. The van der Waals surface area contributed by atoms with Gasteiger partial charge in [0.25, 0.3) is 0 Å². The van der Waals surface area contributed by atoms with Gasteiger partial charge in [-0.25, -0.2) is 4.79 Å². The van der Waals surface area contributed by atoms with Crippen molar-refractivity contribution in [1.82, 2.24) is 0 Å². The Labute approximate surface area is 98.1 Å². The van der Waals surface area contributed by atoms with E-state index in [0.29, 0.717) is 0 Å². The van der Waals surface area contributed by atoms with Crippen LogP contribution in [0.2, 0.25) is 0 Å². The number of rotatable bonds is 3. The van der Waals surface area contributed by atoms with Crippen LogP contribution < -0.4 is 0 Å². The number of hydrogen-bond donors (Lipinski definition) is 0. The van der Waals surface area contributed by atoms with E-state index in [9.17, 15) is 4.79 Å². The zero-order chi connectivity index (χ0) is 11.3. The SMILES string of the molecule is CC(C)OC(=O)C=Cc1ccc(Br)cc1. The molecule has 1 aromatic rings. The first-order valence-electron chi connectivity index (χ1n) is 4.72. The fourth-order valence-corrected chi connectivity index (χ4v) is 1.27. The Balaban J connectivity index is 2.57. The van der Waals surface area contributed by atoms with Crippen LogP contribution in [0.4, 0.5) is 0 Å². The zero-order valence-electron chi connectivity index (χ0n) is 8.74. The van der Waals surface area contributed by atoms with Crippen molar-refractivity contribution in [3.05, 3.63) is 40.4 Å². The molecule has 0 saturated heterocycles. The van der Waals surface area contributed by atoms with E-state index in [0.717, 1.165) is 10.0 Å². The van der Waals surface area contributed by atoms with Crippen molar-refractivity contribution in [2.24, 2.45) is 0 Å². The van der Waals surface area contributed by atoms with Crippen LogP contribution in [0.3, 0.4) is 0 Å². The molecular weight excluding hydrogens is 256 g/mol. The van der Waals surface area contributed by atoms with Gasteiger partial charge in [0.2, 0.25) is 0 Å². The van der Waals surface area contributed by atoms with Crippen molar-refractivity contribution in [2.45, 2.75) is 20.0 Å². The zero-order valence-corrected chi connectivity index (χ0v) is 10.3. The number of halogens is 1. The largest absolute Gasteiger partial charge is 0.460 e. The Morgan fingerprint density at radius 1 is 1.33 bits per heavy atom. The fraction of sp³-hybridized carbons (Fsp3) is 0.250. The van der Waals surface area contributed by atoms with Crippen LogP contribution in [0.1, 0.15) is 19.4 Å². The average molecular weight is 269 g/mol. The van der Waals surface area contributed by atoms with Crippen LogP contribution in [0.25, 0.3) is 6.08 Å². The molecule has 0 N–H and O–H groups in total. The average Bonchev–Trinajstić information content (AvgIpc) is 2.16. The Bertz CT molecular complexity index is 352. The van der Waals surface area contributed by atoms with Gasteiger partial charge in [-0.05, 0) is 37.6 Å². The molecule has 0 heterocycles. The molecule has 2 nitrogen and oxygen atoms in total. The molecule has 0 amide bonds. The number of ether oxygens (including phenoxy) is 1. The molecule has 1 aromatic carbocycles. The van der Waals surface area contributed by atoms with Crippen molar-refractivity contribution in [2.75, 3.05) is 0 Å². The van der Waals surface area contributed by atoms with Gasteiger partial charge in [0.1, 0.15) is 0 Å². The Morgan fingerprint density at radius 3 is 2.47 bits per heavy atom. The van der Waals surface area contributed by atoms with Crippen molar-refractivity contribution < 1.29 is 9.53 Å². The smallest absolute Gasteiger partial charge is 0.331 e. The minimum Gasteiger partial charge on any atom is -0.460 e. The van der Waals surface area contributed by atoms with E-state index < -0.39 is 0 Å². The predicted molar refractivity (Wildman–Crippen MR) is 64.4 cm³/mol. The van der Waals surface area contributed by atoms with Gasteiger partial charge in [-0.3, -0.25) is 0 Å². The van der Waals surface area contributed by atoms with Gasteiger partial charge in [0.15, 0.2) is 0 Å². The summed E-state index contributed by atoms with van der Waals surface area (Å²) in [6, 6.07) is 7.69. The van der Waals surface area contributed by atoms with Gasteiger partial charge in [-0.15, -0.1) is 0 Å². The second-order valence-corrected chi connectivity index (χ2v) is 4.29. The highest BCUT2D eigenvalue weighted by molar-refractivity contribution is 9.10. The van der Waals surface area contributed by atoms with E-state index in [2.05, 4.69) is 15.9 Å². The third-order valence-corrected chi connectivity index (χ3v) is 2.16. The van der Waals surface area contributed by atoms with Crippen molar-refractivity contribution >= 4 is 28.0 Å². The van der Waals surface area contributed by atoms with Crippen LogP contribution in [0.15, 0.2) is 34.8 Å². The third kappa shape index (κ3) is 4.79. The van der Waals surface area contributed by atoms with E-state index in [4.69, 9.17) is 4.74 Å². The molecular formula is C12H13BrO2. The van der Waals surface area contributed by atoms with Crippen molar-refractivity contribution in [3.63, 3.8) is 0 Å². The highest BCUT2D eigenvalue weighted by Gasteiger charge is 1.99. The summed E-state index contributed by atoms with van der Waals surface area (Å²) in [5.74, 6) is -0.312. The van der Waals surface area contributed by atoms with Gasteiger partial charge >= 0.3 is 5.97 Å². The summed E-state index contributed by atoms with van der Waals surface area (Å²) < 4.78 is 5.98. The van der Waals surface area contributed by atoms with Gasteiger partial charge in [0.05, 0.1) is 6.10 Å². The summed E-state index contributed by atoms with van der Waals surface area (Å²) in [7, 11) is 0. The first-order valence-corrected chi connectivity index (χ1v) is 5.51. The second kappa shape index (κ2) is 5.71. The van der Waals surface area contributed by atoms with Gasteiger partial charge in [-0.2, -0.15) is 0 Å². The normalized spacial score (nSPS) is 10.9. The van der Waals surface area contributed by atoms with Gasteiger partial charge in [-0.1, -0.05) is 28.1 Å². The third-order valence-electron chi connectivity index (χ3n) is 1.63. The van der Waals surface area contributed by atoms with Crippen LogP contribution >= 0.6 is 15.9 Å². The van der Waals surface area contributed by atoms with E-state index in [1.54, 1.807) is 6.08 Å². The minimum atomic E-state index is -0.312. The molecule has 0 fully saturated rings. The van der Waals surface area contributed by atoms with Crippen LogP contribution in [-0.2, 0) is 9.53 Å². The predicted octanol–water partition coefficient (Wildman–Crippen LogP) is 3.41. The summed E-state index contributed by atoms with van der Waals surface area (Å²) >= 11 is 3.34. The standard InChI is InChI=1S/C12H13BrO2/c1-9(2)15-12(14)8-5-10-3-6-11(13)7-4-10/h3-9H,1-2H3. The van der Waals surface area contributed by atoms with Crippen LogP contribution in [-0.4, -0.2) is 12.1 Å². The Hall–Kier alpha value is -1.09. The summed E-state index contributed by atoms with van der Waals surface area (Å²) in [5, 5.41) is 0. The monoisotopic (exact) mass is 268 g/mol. The number of esters is 1. The summed E-state index contributed by atoms with van der Waals surface area (Å²) in [6.45, 7) is 3.65. The van der Waals surface area contributed by atoms with Crippen molar-refractivity contribution in [3.8, 4) is 0 Å². The molecule has 0 aliphatic carbocycles. The van der Waals surface area contributed by atoms with E-state index >= 15 is 0 Å². The molecule has 0 saturated carbocycles. The number of carbonyl (C=O) groups is 1. The number of benzene rings is 1. The maximum Gasteiger partial charge on any atom is 0.331 e. The second-order valence-electron chi connectivity index (χ2n) is 3.37. The molecule has 0 atom stereocenters. The minimum absolute atomic E-state index is 0.0768. The molecule has 0 radical (unpaired) electrons. The van der Waals surface area contributed by atoms with Crippen molar-refractivity contribution in [1.29, 1.82) is 0 Å². The first-order chi connectivity index (χ1) is 7.08. The van der Waals surface area contributed by atoms with Crippen LogP contribution in [0.5, 0.6) is 0 Å². The molecule has 80 valence electrons.